The van der Waals surface area contributed by atoms with Gasteiger partial charge in [0.2, 0.25) is 5.95 Å². The van der Waals surface area contributed by atoms with Crippen LogP contribution in [0.1, 0.15) is 28.8 Å². The monoisotopic (exact) mass is 416 g/mol. The lowest BCUT2D eigenvalue weighted by atomic mass is 10.0. The fraction of sp³-hybridized carbons (Fsp3) is 0.368. The first-order valence-electron chi connectivity index (χ1n) is 9.34. The van der Waals surface area contributed by atoms with E-state index in [1.165, 1.54) is 4.90 Å². The van der Waals surface area contributed by atoms with Crippen molar-refractivity contribution in [3.8, 4) is 11.3 Å². The third-order valence-corrected chi connectivity index (χ3v) is 5.33. The molecule has 9 nitrogen and oxygen atoms in total. The second-order valence-electron chi connectivity index (χ2n) is 7.02. The number of aromatic nitrogens is 2. The lowest BCUT2D eigenvalue weighted by Gasteiger charge is -2.23. The Bertz CT molecular complexity index is 948. The number of nitrogens with zero attached hydrogens (tertiary/aromatic N) is 3. The maximum Gasteiger partial charge on any atom is 0.254 e. The molecule has 0 spiro atoms. The Kier molecular flexibility index (Phi) is 5.61. The number of anilines is 1. The van der Waals surface area contributed by atoms with Gasteiger partial charge in [-0.2, -0.15) is 0 Å². The van der Waals surface area contributed by atoms with Crippen LogP contribution in [0, 0.1) is 0 Å². The highest BCUT2D eigenvalue weighted by Crippen LogP contribution is 2.31. The summed E-state index contributed by atoms with van der Waals surface area (Å²) in [5, 5.41) is 3.72. The van der Waals surface area contributed by atoms with Crippen LogP contribution >= 0.6 is 11.6 Å². The molecule has 152 valence electrons. The standard InChI is InChI=1S/C19H21ClN6O3/c20-15-8-22-19(23-13-3-5-29-6-4-13)24-17(15)11-1-2-12-9-26(10-16(27)25-21)18(28)14(12)7-11/h1-2,7-8,13H,3-6,9-10,21H2,(H,25,27)(H,22,23,24). The SMILES string of the molecule is NNC(=O)CN1Cc2ccc(-c3nc(NC4CCOCC4)ncc3Cl)cc2C1=O. The van der Waals surface area contributed by atoms with E-state index in [0.29, 0.717) is 47.6 Å². The molecule has 1 saturated heterocycles. The number of amides is 2. The minimum atomic E-state index is -0.422. The highest BCUT2D eigenvalue weighted by atomic mass is 35.5. The van der Waals surface area contributed by atoms with E-state index in [1.807, 2.05) is 17.6 Å². The van der Waals surface area contributed by atoms with Crippen LogP contribution in [0.5, 0.6) is 0 Å². The van der Waals surface area contributed by atoms with Gasteiger partial charge < -0.3 is 15.0 Å². The Balaban J connectivity index is 1.57. The first-order valence-corrected chi connectivity index (χ1v) is 9.72. The van der Waals surface area contributed by atoms with Crippen LogP contribution < -0.4 is 16.6 Å². The van der Waals surface area contributed by atoms with Gasteiger partial charge in [0.1, 0.15) is 6.54 Å². The molecule has 1 aromatic carbocycles. The molecule has 29 heavy (non-hydrogen) atoms. The third-order valence-electron chi connectivity index (χ3n) is 5.06. The van der Waals surface area contributed by atoms with Crippen molar-refractivity contribution in [1.82, 2.24) is 20.3 Å². The Morgan fingerprint density at radius 2 is 2.14 bits per heavy atom. The van der Waals surface area contributed by atoms with E-state index >= 15 is 0 Å². The van der Waals surface area contributed by atoms with E-state index in [-0.39, 0.29) is 18.5 Å². The highest BCUT2D eigenvalue weighted by molar-refractivity contribution is 6.33. The molecule has 0 radical (unpaired) electrons. The zero-order valence-electron chi connectivity index (χ0n) is 15.7. The Morgan fingerprint density at radius 1 is 1.34 bits per heavy atom. The maximum absolute atomic E-state index is 12.7. The molecule has 4 rings (SSSR count). The summed E-state index contributed by atoms with van der Waals surface area (Å²) >= 11 is 6.34. The molecule has 2 aliphatic rings. The largest absolute Gasteiger partial charge is 0.381 e. The van der Waals surface area contributed by atoms with Gasteiger partial charge in [-0.1, -0.05) is 23.7 Å². The smallest absolute Gasteiger partial charge is 0.254 e. The fourth-order valence-corrected chi connectivity index (χ4v) is 3.72. The van der Waals surface area contributed by atoms with Crippen LogP contribution in [-0.2, 0) is 16.1 Å². The van der Waals surface area contributed by atoms with Gasteiger partial charge in [0, 0.05) is 36.9 Å². The van der Waals surface area contributed by atoms with Crippen LogP contribution in [0.15, 0.2) is 24.4 Å². The second-order valence-corrected chi connectivity index (χ2v) is 7.43. The minimum Gasteiger partial charge on any atom is -0.381 e. The number of rotatable bonds is 5. The summed E-state index contributed by atoms with van der Waals surface area (Å²) in [7, 11) is 0. The van der Waals surface area contributed by atoms with Gasteiger partial charge >= 0.3 is 0 Å². The van der Waals surface area contributed by atoms with E-state index in [1.54, 1.807) is 12.3 Å². The molecule has 1 fully saturated rings. The highest BCUT2D eigenvalue weighted by Gasteiger charge is 2.29. The predicted octanol–water partition coefficient (Wildman–Crippen LogP) is 1.33. The summed E-state index contributed by atoms with van der Waals surface area (Å²) in [6.07, 6.45) is 3.33. The van der Waals surface area contributed by atoms with E-state index in [2.05, 4.69) is 15.3 Å². The molecule has 1 aromatic heterocycles. The summed E-state index contributed by atoms with van der Waals surface area (Å²) in [4.78, 5) is 34.5. The lowest BCUT2D eigenvalue weighted by molar-refractivity contribution is -0.121. The molecule has 0 aliphatic carbocycles. The maximum atomic E-state index is 12.7. The summed E-state index contributed by atoms with van der Waals surface area (Å²) in [5.74, 6) is 4.96. The quantitative estimate of drug-likeness (QED) is 0.381. The van der Waals surface area contributed by atoms with Gasteiger partial charge in [-0.25, -0.2) is 15.8 Å². The van der Waals surface area contributed by atoms with Gasteiger partial charge in [0.05, 0.1) is 16.9 Å². The Labute approximate surface area is 172 Å². The van der Waals surface area contributed by atoms with E-state index < -0.39 is 5.91 Å². The van der Waals surface area contributed by atoms with Gasteiger partial charge in [0.25, 0.3) is 11.8 Å². The number of carbonyl (C=O) groups excluding carboxylic acids is 2. The van der Waals surface area contributed by atoms with Crippen LogP contribution in [0.25, 0.3) is 11.3 Å². The number of ether oxygens (including phenoxy) is 1. The Hall–Kier alpha value is -2.75. The molecule has 0 unspecified atom stereocenters. The van der Waals surface area contributed by atoms with Crippen molar-refractivity contribution in [2.75, 3.05) is 25.1 Å². The third kappa shape index (κ3) is 4.16. The number of fused-ring (bicyclic) bond motifs is 1. The van der Waals surface area contributed by atoms with Crippen molar-refractivity contribution >= 4 is 29.4 Å². The summed E-state index contributed by atoms with van der Waals surface area (Å²) in [5.41, 5.74) is 4.67. The van der Waals surface area contributed by atoms with E-state index in [4.69, 9.17) is 22.2 Å². The molecule has 0 bridgehead atoms. The number of hydrogen-bond acceptors (Lipinski definition) is 7. The summed E-state index contributed by atoms with van der Waals surface area (Å²) in [6, 6.07) is 5.73. The first kappa shape index (κ1) is 19.6. The molecular weight excluding hydrogens is 396 g/mol. The molecule has 2 amide bonds. The lowest BCUT2D eigenvalue weighted by Crippen LogP contribution is -2.40. The fourth-order valence-electron chi connectivity index (χ4n) is 3.52. The van der Waals surface area contributed by atoms with E-state index in [0.717, 1.165) is 18.4 Å². The summed E-state index contributed by atoms with van der Waals surface area (Å²) in [6.45, 7) is 1.69. The molecule has 10 heteroatoms. The molecule has 2 aliphatic heterocycles. The number of nitrogens with one attached hydrogen (secondary N) is 2. The molecule has 0 saturated carbocycles. The van der Waals surface area contributed by atoms with Crippen molar-refractivity contribution in [1.29, 1.82) is 0 Å². The molecule has 4 N–H and O–H groups in total. The number of hydrazine groups is 1. The van der Waals surface area contributed by atoms with Crippen molar-refractivity contribution in [2.45, 2.75) is 25.4 Å². The zero-order chi connectivity index (χ0) is 20.4. The van der Waals surface area contributed by atoms with Crippen molar-refractivity contribution in [3.05, 3.63) is 40.5 Å². The zero-order valence-corrected chi connectivity index (χ0v) is 16.4. The number of halogens is 1. The van der Waals surface area contributed by atoms with Gasteiger partial charge in [-0.3, -0.25) is 15.0 Å². The van der Waals surface area contributed by atoms with Crippen molar-refractivity contribution in [3.63, 3.8) is 0 Å². The Morgan fingerprint density at radius 3 is 2.90 bits per heavy atom. The first-order chi connectivity index (χ1) is 14.0. The molecular formula is C19H21ClN6O3. The normalized spacial score (nSPS) is 16.6. The minimum absolute atomic E-state index is 0.0905. The van der Waals surface area contributed by atoms with Crippen LogP contribution in [0.2, 0.25) is 5.02 Å². The number of nitrogens with two attached hydrogens (primary N) is 1. The molecule has 3 heterocycles. The molecule has 2 aromatic rings. The van der Waals surface area contributed by atoms with Crippen LogP contribution in [-0.4, -0.2) is 52.5 Å². The topological polar surface area (TPSA) is 122 Å². The van der Waals surface area contributed by atoms with Crippen LogP contribution in [0.4, 0.5) is 5.95 Å². The van der Waals surface area contributed by atoms with Gasteiger partial charge in [-0.05, 0) is 24.5 Å². The van der Waals surface area contributed by atoms with Crippen molar-refractivity contribution < 1.29 is 14.3 Å². The van der Waals surface area contributed by atoms with Gasteiger partial charge in [0.15, 0.2) is 0 Å². The number of benzene rings is 1. The summed E-state index contributed by atoms with van der Waals surface area (Å²) < 4.78 is 5.37. The second kappa shape index (κ2) is 8.32. The van der Waals surface area contributed by atoms with E-state index in [9.17, 15) is 9.59 Å². The average molecular weight is 417 g/mol. The average Bonchev–Trinajstić information content (AvgIpc) is 3.05. The van der Waals surface area contributed by atoms with Crippen LogP contribution in [0.3, 0.4) is 0 Å². The van der Waals surface area contributed by atoms with Crippen molar-refractivity contribution in [2.24, 2.45) is 5.84 Å². The predicted molar refractivity (Wildman–Crippen MR) is 107 cm³/mol. The molecule has 0 atom stereocenters. The number of hydrogen-bond donors (Lipinski definition) is 3. The van der Waals surface area contributed by atoms with Gasteiger partial charge in [-0.15, -0.1) is 0 Å². The number of carbonyl (C=O) groups is 2.